The van der Waals surface area contributed by atoms with Crippen molar-refractivity contribution >= 4 is 46.2 Å². The molecule has 0 aliphatic carbocycles. The van der Waals surface area contributed by atoms with Gasteiger partial charge in [-0.05, 0) is 41.5 Å². The highest BCUT2D eigenvalue weighted by Gasteiger charge is 2.37. The van der Waals surface area contributed by atoms with Crippen LogP contribution >= 0.6 is 0 Å². The van der Waals surface area contributed by atoms with Crippen molar-refractivity contribution in [2.75, 3.05) is 19.7 Å². The number of rotatable bonds is 7. The smallest absolute Gasteiger partial charge is 0.245 e. The molecule has 1 fully saturated rings. The van der Waals surface area contributed by atoms with Gasteiger partial charge in [0.15, 0.2) is 0 Å². The van der Waals surface area contributed by atoms with Gasteiger partial charge in [0.25, 0.3) is 0 Å². The lowest BCUT2D eigenvalue weighted by atomic mass is 9.97. The molecular weight excluding hydrogens is 658 g/mol. The molecule has 0 bridgehead atoms. The minimum absolute atomic E-state index is 0.00511. The van der Waals surface area contributed by atoms with E-state index in [4.69, 9.17) is 10.5 Å². The predicted octanol–water partition coefficient (Wildman–Crippen LogP) is -0.313. The van der Waals surface area contributed by atoms with Crippen molar-refractivity contribution in [1.29, 1.82) is 0 Å². The molecule has 1 aromatic heterocycles. The first-order valence-electron chi connectivity index (χ1n) is 17.2. The molecule has 0 unspecified atom stereocenters. The zero-order valence-electron chi connectivity index (χ0n) is 28.8. The van der Waals surface area contributed by atoms with Crippen molar-refractivity contribution in [3.05, 3.63) is 59.9 Å². The van der Waals surface area contributed by atoms with E-state index in [-0.39, 0.29) is 51.5 Å². The topological polar surface area (TPSA) is 220 Å². The quantitative estimate of drug-likeness (QED) is 0.218. The van der Waals surface area contributed by atoms with Crippen LogP contribution in [0.3, 0.4) is 0 Å². The number of ether oxygens (including phenoxy) is 1. The zero-order valence-corrected chi connectivity index (χ0v) is 28.8. The van der Waals surface area contributed by atoms with Crippen LogP contribution in [0.25, 0.3) is 10.8 Å². The minimum Gasteiger partial charge on any atom is -0.372 e. The van der Waals surface area contributed by atoms with Gasteiger partial charge >= 0.3 is 0 Å². The highest BCUT2D eigenvalue weighted by atomic mass is 16.5. The van der Waals surface area contributed by atoms with Gasteiger partial charge in [0.1, 0.15) is 24.2 Å². The molecule has 272 valence electrons. The van der Waals surface area contributed by atoms with Crippen LogP contribution in [0, 0.1) is 5.92 Å². The van der Waals surface area contributed by atoms with Crippen LogP contribution in [0.2, 0.25) is 0 Å². The van der Waals surface area contributed by atoms with Crippen LogP contribution in [0.1, 0.15) is 50.8 Å². The number of primary amides is 1. The molecule has 3 heterocycles. The van der Waals surface area contributed by atoms with Gasteiger partial charge in [-0.1, -0.05) is 61.5 Å². The van der Waals surface area contributed by atoms with Crippen LogP contribution in [0.4, 0.5) is 0 Å². The molecular formula is C35H45N9O7. The third-order valence-corrected chi connectivity index (χ3v) is 9.03. The number of nitrogens with one attached hydrogen (secondary N) is 4. The molecule has 1 saturated heterocycles. The van der Waals surface area contributed by atoms with Crippen molar-refractivity contribution in [3.63, 3.8) is 0 Å². The van der Waals surface area contributed by atoms with Crippen LogP contribution in [0.5, 0.6) is 0 Å². The molecule has 5 rings (SSSR count). The van der Waals surface area contributed by atoms with E-state index in [1.54, 1.807) is 0 Å². The van der Waals surface area contributed by atoms with Crippen molar-refractivity contribution in [1.82, 2.24) is 41.2 Å². The number of nitrogens with two attached hydrogens (primary N) is 1. The first-order chi connectivity index (χ1) is 24.5. The number of hydrogen-bond donors (Lipinski definition) is 5. The molecule has 4 atom stereocenters. The van der Waals surface area contributed by atoms with E-state index in [9.17, 15) is 28.8 Å². The highest BCUT2D eigenvalue weighted by molar-refractivity contribution is 5.96. The fraction of sp³-hybridized carbons (Fsp3) is 0.486. The van der Waals surface area contributed by atoms with Gasteiger partial charge in [-0.25, -0.2) is 4.68 Å². The lowest BCUT2D eigenvalue weighted by Crippen LogP contribution is -2.59. The Morgan fingerprint density at radius 2 is 1.82 bits per heavy atom. The Hall–Kier alpha value is -5.38. The summed E-state index contributed by atoms with van der Waals surface area (Å²) in [5.74, 6) is -3.43. The van der Waals surface area contributed by atoms with Crippen molar-refractivity contribution < 1.29 is 33.5 Å². The summed E-state index contributed by atoms with van der Waals surface area (Å²) in [6.07, 6.45) is 2.71. The summed E-state index contributed by atoms with van der Waals surface area (Å²) in [5.41, 5.74) is 6.88. The second kappa shape index (κ2) is 17.0. The Labute approximate surface area is 295 Å². The van der Waals surface area contributed by atoms with Crippen LogP contribution in [-0.4, -0.2) is 99.2 Å². The SMILES string of the molecule is CC(C)C[C@H](NC(=O)[C@@H]1COCc2cnnn2CCC(=O)NCC(=O)N2CCC[C@H]2C(=O)N[C@@H](Cc2cccc3ccccc23)C(=O)N1)C(N)=O. The minimum atomic E-state index is -1.31. The molecule has 2 aromatic carbocycles. The first kappa shape index (κ1) is 36.9. The number of amides is 6. The predicted molar refractivity (Wildman–Crippen MR) is 184 cm³/mol. The van der Waals surface area contributed by atoms with E-state index in [0.29, 0.717) is 25.1 Å². The van der Waals surface area contributed by atoms with Gasteiger partial charge in [0, 0.05) is 19.4 Å². The fourth-order valence-electron chi connectivity index (χ4n) is 6.38. The van der Waals surface area contributed by atoms with Gasteiger partial charge in [0.05, 0.1) is 38.2 Å². The summed E-state index contributed by atoms with van der Waals surface area (Å²) in [4.78, 5) is 81.3. The zero-order chi connectivity index (χ0) is 36.5. The third kappa shape index (κ3) is 9.66. The summed E-state index contributed by atoms with van der Waals surface area (Å²) in [5, 5.41) is 20.6. The Balaban J connectivity index is 1.47. The van der Waals surface area contributed by atoms with Gasteiger partial charge in [-0.3, -0.25) is 28.8 Å². The number of aromatic nitrogens is 3. The molecule has 0 saturated carbocycles. The summed E-state index contributed by atoms with van der Waals surface area (Å²) in [6, 6.07) is 8.94. The average Bonchev–Trinajstić information content (AvgIpc) is 3.78. The Bertz CT molecular complexity index is 1750. The molecule has 6 amide bonds. The maximum absolute atomic E-state index is 14.2. The second-order valence-corrected chi connectivity index (χ2v) is 13.3. The highest BCUT2D eigenvalue weighted by Crippen LogP contribution is 2.22. The van der Waals surface area contributed by atoms with Gasteiger partial charge in [-0.15, -0.1) is 5.10 Å². The Morgan fingerprint density at radius 3 is 2.61 bits per heavy atom. The van der Waals surface area contributed by atoms with Gasteiger partial charge in [-0.2, -0.15) is 0 Å². The van der Waals surface area contributed by atoms with E-state index in [1.165, 1.54) is 15.8 Å². The molecule has 2 aliphatic rings. The largest absolute Gasteiger partial charge is 0.372 e. The Morgan fingerprint density at radius 1 is 1.04 bits per heavy atom. The standard InChI is InChI=1S/C35H45N9O7/c1-21(2)15-26(32(36)47)39-34(49)28-20-51-19-24-17-38-42-44(24)14-12-30(45)37-18-31(46)43-13-6-11-29(43)35(50)40-27(33(48)41-28)16-23-9-5-8-22-7-3-4-10-25(22)23/h3-5,7-10,17,21,26-29H,6,11-16,18-20H2,1-2H3,(H2,36,47)(H,37,45)(H,39,49)(H,40,50)(H,41,48)/t26-,27-,28-,29-/m0/s1. The van der Waals surface area contributed by atoms with E-state index in [0.717, 1.165) is 16.3 Å². The summed E-state index contributed by atoms with van der Waals surface area (Å²) in [7, 11) is 0. The monoisotopic (exact) mass is 703 g/mol. The number of carbonyl (C=O) groups excluding carboxylic acids is 6. The number of hydrogen-bond acceptors (Lipinski definition) is 9. The van der Waals surface area contributed by atoms with Gasteiger partial charge in [0.2, 0.25) is 35.4 Å². The first-order valence-corrected chi connectivity index (χ1v) is 17.2. The molecule has 16 nitrogen and oxygen atoms in total. The molecule has 6 N–H and O–H groups in total. The van der Waals surface area contributed by atoms with Crippen LogP contribution < -0.4 is 27.0 Å². The number of aryl methyl sites for hydroxylation is 1. The third-order valence-electron chi connectivity index (χ3n) is 9.03. The molecule has 3 aromatic rings. The lowest BCUT2D eigenvalue weighted by Gasteiger charge is -2.28. The second-order valence-electron chi connectivity index (χ2n) is 13.3. The number of fused-ring (bicyclic) bond motifs is 3. The fourth-order valence-corrected chi connectivity index (χ4v) is 6.38. The number of carbonyl (C=O) groups is 6. The number of benzene rings is 2. The van der Waals surface area contributed by atoms with Crippen molar-refractivity contribution in [2.24, 2.45) is 11.7 Å². The normalized spacial score (nSPS) is 21.7. The molecule has 16 heteroatoms. The van der Waals surface area contributed by atoms with E-state index < -0.39 is 59.6 Å². The maximum Gasteiger partial charge on any atom is 0.245 e. The van der Waals surface area contributed by atoms with Crippen molar-refractivity contribution in [2.45, 2.75) is 83.3 Å². The van der Waals surface area contributed by atoms with E-state index in [1.807, 2.05) is 56.3 Å². The molecule has 0 spiro atoms. The summed E-state index contributed by atoms with van der Waals surface area (Å²) in [6.45, 7) is 3.51. The van der Waals surface area contributed by atoms with Crippen LogP contribution in [0.15, 0.2) is 48.7 Å². The summed E-state index contributed by atoms with van der Waals surface area (Å²) >= 11 is 0. The van der Waals surface area contributed by atoms with Gasteiger partial charge < -0.3 is 36.6 Å². The number of nitrogens with zero attached hydrogens (tertiary/aromatic N) is 4. The van der Waals surface area contributed by atoms with E-state index >= 15 is 0 Å². The van der Waals surface area contributed by atoms with Crippen LogP contribution in [-0.2, 0) is 53.1 Å². The Kier molecular flexibility index (Phi) is 12.3. The maximum atomic E-state index is 14.2. The summed E-state index contributed by atoms with van der Waals surface area (Å²) < 4.78 is 7.35. The molecule has 2 aliphatic heterocycles. The molecule has 0 radical (unpaired) electrons. The van der Waals surface area contributed by atoms with Crippen molar-refractivity contribution in [3.8, 4) is 0 Å². The van der Waals surface area contributed by atoms with E-state index in [2.05, 4.69) is 31.6 Å². The lowest BCUT2D eigenvalue weighted by molar-refractivity contribution is -0.140. The average molecular weight is 704 g/mol. The molecule has 51 heavy (non-hydrogen) atoms.